The van der Waals surface area contributed by atoms with Crippen molar-refractivity contribution >= 4 is 16.5 Å². The number of thiazole rings is 1. The highest BCUT2D eigenvalue weighted by Crippen LogP contribution is 2.26. The number of rotatable bonds is 2. The van der Waals surface area contributed by atoms with Gasteiger partial charge in [0.2, 0.25) is 0 Å². The quantitative estimate of drug-likeness (QED) is 0.866. The third kappa shape index (κ3) is 2.07. The lowest BCUT2D eigenvalue weighted by molar-refractivity contribution is 0.816. The fraction of sp³-hybridized carbons (Fsp3) is 0.333. The molecular weight excluding hydrogens is 218 g/mol. The molecule has 2 aromatic heterocycles. The molecule has 2 N–H and O–H groups in total. The average molecular weight is 233 g/mol. The summed E-state index contributed by atoms with van der Waals surface area (Å²) in [7, 11) is 0. The first kappa shape index (κ1) is 11.1. The molecule has 0 unspecified atom stereocenters. The van der Waals surface area contributed by atoms with Crippen LogP contribution in [0.3, 0.4) is 0 Å². The molecule has 0 atom stereocenters. The summed E-state index contributed by atoms with van der Waals surface area (Å²) in [6, 6.07) is 4.13. The number of aromatic nitrogens is 2. The number of anilines is 1. The van der Waals surface area contributed by atoms with E-state index in [1.165, 1.54) is 11.3 Å². The van der Waals surface area contributed by atoms with Gasteiger partial charge in [0, 0.05) is 22.3 Å². The summed E-state index contributed by atoms with van der Waals surface area (Å²) in [5.74, 6) is 0.452. The van der Waals surface area contributed by atoms with Crippen LogP contribution in [0.2, 0.25) is 0 Å². The molecule has 0 aliphatic heterocycles. The van der Waals surface area contributed by atoms with Crippen molar-refractivity contribution in [2.24, 2.45) is 0 Å². The fourth-order valence-corrected chi connectivity index (χ4v) is 2.15. The zero-order chi connectivity index (χ0) is 11.7. The molecule has 0 bridgehead atoms. The molecule has 0 radical (unpaired) electrons. The monoisotopic (exact) mass is 233 g/mol. The summed E-state index contributed by atoms with van der Waals surface area (Å²) in [6.07, 6.45) is 0. The first-order chi connectivity index (χ1) is 7.58. The second kappa shape index (κ2) is 4.22. The van der Waals surface area contributed by atoms with Crippen LogP contribution in [0.15, 0.2) is 17.5 Å². The third-order valence-corrected chi connectivity index (χ3v) is 3.17. The molecule has 0 aliphatic rings. The number of aryl methyl sites for hydroxylation is 1. The van der Waals surface area contributed by atoms with Gasteiger partial charge in [-0.25, -0.2) is 4.98 Å². The molecule has 2 aromatic rings. The van der Waals surface area contributed by atoms with E-state index in [-0.39, 0.29) is 0 Å². The highest BCUT2D eigenvalue weighted by molar-refractivity contribution is 7.13. The van der Waals surface area contributed by atoms with E-state index in [1.807, 2.05) is 12.3 Å². The molecule has 0 amide bonds. The lowest BCUT2D eigenvalue weighted by Gasteiger charge is -2.08. The van der Waals surface area contributed by atoms with Crippen molar-refractivity contribution < 1.29 is 0 Å². The zero-order valence-electron chi connectivity index (χ0n) is 9.69. The van der Waals surface area contributed by atoms with Crippen molar-refractivity contribution in [3.8, 4) is 11.3 Å². The van der Waals surface area contributed by atoms with Gasteiger partial charge in [0.1, 0.15) is 0 Å². The van der Waals surface area contributed by atoms with E-state index in [9.17, 15) is 0 Å². The van der Waals surface area contributed by atoms with Gasteiger partial charge in [-0.15, -0.1) is 11.3 Å². The van der Waals surface area contributed by atoms with E-state index in [4.69, 9.17) is 5.73 Å². The summed E-state index contributed by atoms with van der Waals surface area (Å²) < 4.78 is 0. The summed E-state index contributed by atoms with van der Waals surface area (Å²) in [5, 5.41) is 2.57. The van der Waals surface area contributed by atoms with Crippen LogP contribution in [0.5, 0.6) is 0 Å². The maximum absolute atomic E-state index is 5.63. The number of pyridine rings is 1. The van der Waals surface area contributed by atoms with Crippen molar-refractivity contribution in [3.63, 3.8) is 0 Å². The number of nitrogens with zero attached hydrogens (tertiary/aromatic N) is 2. The van der Waals surface area contributed by atoms with Crippen molar-refractivity contribution in [1.29, 1.82) is 0 Å². The lowest BCUT2D eigenvalue weighted by atomic mass is 10.1. The number of nitrogen functional groups attached to an aromatic ring is 1. The summed E-state index contributed by atoms with van der Waals surface area (Å²) in [4.78, 5) is 8.85. The second-order valence-corrected chi connectivity index (χ2v) is 4.98. The molecule has 0 saturated carbocycles. The third-order valence-electron chi connectivity index (χ3n) is 2.50. The molecule has 0 aliphatic carbocycles. The van der Waals surface area contributed by atoms with Crippen LogP contribution >= 0.6 is 11.3 Å². The Morgan fingerprint density at radius 3 is 2.50 bits per heavy atom. The molecular formula is C12H15N3S. The van der Waals surface area contributed by atoms with E-state index in [2.05, 4.69) is 35.9 Å². The SMILES string of the molecule is Cc1nc(C(C)C)ccc1-c1csc(N)n1. The van der Waals surface area contributed by atoms with Gasteiger partial charge in [0.25, 0.3) is 0 Å². The van der Waals surface area contributed by atoms with Crippen LogP contribution in [0.25, 0.3) is 11.3 Å². The largest absolute Gasteiger partial charge is 0.375 e. The van der Waals surface area contributed by atoms with Gasteiger partial charge >= 0.3 is 0 Å². The number of hydrogen-bond donors (Lipinski definition) is 1. The molecule has 2 heterocycles. The molecule has 2 rings (SSSR count). The molecule has 0 fully saturated rings. The maximum Gasteiger partial charge on any atom is 0.180 e. The topological polar surface area (TPSA) is 51.8 Å². The molecule has 0 spiro atoms. The van der Waals surface area contributed by atoms with Crippen molar-refractivity contribution in [2.45, 2.75) is 26.7 Å². The molecule has 84 valence electrons. The van der Waals surface area contributed by atoms with Gasteiger partial charge in [-0.3, -0.25) is 4.98 Å². The van der Waals surface area contributed by atoms with Gasteiger partial charge in [-0.1, -0.05) is 13.8 Å². The molecule has 4 heteroatoms. The van der Waals surface area contributed by atoms with Gasteiger partial charge in [0.15, 0.2) is 5.13 Å². The van der Waals surface area contributed by atoms with Crippen LogP contribution in [-0.4, -0.2) is 9.97 Å². The Hall–Kier alpha value is -1.42. The van der Waals surface area contributed by atoms with E-state index in [1.54, 1.807) is 0 Å². The van der Waals surface area contributed by atoms with Crippen LogP contribution < -0.4 is 5.73 Å². The Morgan fingerprint density at radius 2 is 2.00 bits per heavy atom. The normalized spacial score (nSPS) is 11.0. The van der Waals surface area contributed by atoms with Crippen molar-refractivity contribution in [2.75, 3.05) is 5.73 Å². The Kier molecular flexibility index (Phi) is 2.92. The van der Waals surface area contributed by atoms with E-state index < -0.39 is 0 Å². The second-order valence-electron chi connectivity index (χ2n) is 4.09. The highest BCUT2D eigenvalue weighted by atomic mass is 32.1. The van der Waals surface area contributed by atoms with Crippen LogP contribution in [0.4, 0.5) is 5.13 Å². The summed E-state index contributed by atoms with van der Waals surface area (Å²) in [5.41, 5.74) is 9.74. The van der Waals surface area contributed by atoms with Gasteiger partial charge in [-0.05, 0) is 25.0 Å². The Labute approximate surface area is 99.4 Å². The first-order valence-corrected chi connectivity index (χ1v) is 6.15. The van der Waals surface area contributed by atoms with E-state index in [0.717, 1.165) is 22.6 Å². The predicted octanol–water partition coefficient (Wildman–Crippen LogP) is 3.22. The van der Waals surface area contributed by atoms with Crippen molar-refractivity contribution in [3.05, 3.63) is 28.9 Å². The van der Waals surface area contributed by atoms with E-state index in [0.29, 0.717) is 11.0 Å². The lowest BCUT2D eigenvalue weighted by Crippen LogP contribution is -1.96. The maximum atomic E-state index is 5.63. The summed E-state index contributed by atoms with van der Waals surface area (Å²) in [6.45, 7) is 6.29. The highest BCUT2D eigenvalue weighted by Gasteiger charge is 2.09. The number of nitrogens with two attached hydrogens (primary N) is 1. The Morgan fingerprint density at radius 1 is 1.25 bits per heavy atom. The standard InChI is InChI=1S/C12H15N3S/c1-7(2)10-5-4-9(8(3)14-10)11-6-16-12(13)15-11/h4-7H,1-3H3,(H2,13,15). The molecule has 0 aromatic carbocycles. The minimum Gasteiger partial charge on any atom is -0.375 e. The summed E-state index contributed by atoms with van der Waals surface area (Å²) >= 11 is 1.46. The number of hydrogen-bond acceptors (Lipinski definition) is 4. The molecule has 0 saturated heterocycles. The van der Waals surface area contributed by atoms with Crippen LogP contribution in [0, 0.1) is 6.92 Å². The zero-order valence-corrected chi connectivity index (χ0v) is 10.5. The Balaban J connectivity index is 2.44. The predicted molar refractivity (Wildman–Crippen MR) is 68.6 cm³/mol. The Bertz CT molecular complexity index is 503. The molecule has 16 heavy (non-hydrogen) atoms. The van der Waals surface area contributed by atoms with Gasteiger partial charge < -0.3 is 5.73 Å². The van der Waals surface area contributed by atoms with Crippen LogP contribution in [0.1, 0.15) is 31.2 Å². The van der Waals surface area contributed by atoms with Gasteiger partial charge in [-0.2, -0.15) is 0 Å². The average Bonchev–Trinajstić information content (AvgIpc) is 2.64. The van der Waals surface area contributed by atoms with E-state index >= 15 is 0 Å². The fourth-order valence-electron chi connectivity index (χ4n) is 1.58. The molecule has 3 nitrogen and oxygen atoms in total. The minimum atomic E-state index is 0.452. The minimum absolute atomic E-state index is 0.452. The van der Waals surface area contributed by atoms with Crippen LogP contribution in [-0.2, 0) is 0 Å². The smallest absolute Gasteiger partial charge is 0.180 e. The first-order valence-electron chi connectivity index (χ1n) is 5.27. The van der Waals surface area contributed by atoms with Crippen molar-refractivity contribution in [1.82, 2.24) is 9.97 Å². The van der Waals surface area contributed by atoms with Gasteiger partial charge in [0.05, 0.1) is 5.69 Å².